The molecule has 4 aliphatic carbocycles. The van der Waals surface area contributed by atoms with E-state index < -0.39 is 73.4 Å². The van der Waals surface area contributed by atoms with Crippen LogP contribution >= 0.6 is 15.8 Å². The van der Waals surface area contributed by atoms with Crippen LogP contribution in [0.15, 0.2) is 70.2 Å². The number of benzene rings is 2. The van der Waals surface area contributed by atoms with Crippen molar-refractivity contribution in [3.63, 3.8) is 0 Å². The van der Waals surface area contributed by atoms with E-state index >= 15 is 0 Å². The average molecular weight is 858 g/mol. The van der Waals surface area contributed by atoms with Gasteiger partial charge < -0.3 is 0 Å². The van der Waals surface area contributed by atoms with Crippen LogP contribution in [0.5, 0.6) is 0 Å². The molecule has 6 rings (SSSR count). The summed E-state index contributed by atoms with van der Waals surface area (Å²) < 4.78 is 168. The molecule has 0 saturated heterocycles. The van der Waals surface area contributed by atoms with E-state index in [9.17, 15) is 52.7 Å². The van der Waals surface area contributed by atoms with Crippen LogP contribution in [0.25, 0.3) is 0 Å². The van der Waals surface area contributed by atoms with E-state index in [0.717, 1.165) is 64.2 Å². The molecule has 2 fully saturated rings. The summed E-state index contributed by atoms with van der Waals surface area (Å²) in [6, 6.07) is 1.30. The summed E-state index contributed by atoms with van der Waals surface area (Å²) in [5.41, 5.74) is 3.88. The van der Waals surface area contributed by atoms with Crippen LogP contribution in [0, 0.1) is 24.3 Å². The minimum absolute atomic E-state index is 0. The van der Waals surface area contributed by atoms with Crippen LogP contribution in [0.2, 0.25) is 0 Å². The topological polar surface area (TPSA) is 0 Å². The Kier molecular flexibility index (Phi) is 15.0. The van der Waals surface area contributed by atoms with E-state index in [2.05, 4.69) is 47.2 Å². The fourth-order valence-electron chi connectivity index (χ4n) is 7.30. The van der Waals surface area contributed by atoms with Crippen molar-refractivity contribution in [2.24, 2.45) is 0 Å². The maximum Gasteiger partial charge on any atom is 2.00 e. The van der Waals surface area contributed by atoms with Gasteiger partial charge in [0.2, 0.25) is 0 Å². The molecule has 0 heterocycles. The Morgan fingerprint density at radius 1 is 0.582 bits per heavy atom. The average Bonchev–Trinajstić information content (AvgIpc) is 3.84. The van der Waals surface area contributed by atoms with Crippen molar-refractivity contribution in [1.82, 2.24) is 0 Å². The standard InChI is InChI=1S/C35H32F12P2.C5.Fe/c1-21(48(26-9-4-2-5-10-26)27-11-6-3-7-12-27)30-13-8-14-31(30)49(28-17-22(32(36,37)38)15-23(18-28)33(39,40)41)29-19-24(34(42,43)44)16-25(20-29)35(45,46)47;1-2-4-5-3-1;/h15-21,26-27H,2-7,9-12H2,1H3;;/q2*-1;+2/t21-;;/m0../s1. The van der Waals surface area contributed by atoms with Gasteiger partial charge in [-0.1, -0.05) is 59.0 Å². The van der Waals surface area contributed by atoms with Crippen molar-refractivity contribution in [1.29, 1.82) is 0 Å². The molecule has 2 aromatic carbocycles. The van der Waals surface area contributed by atoms with Gasteiger partial charge in [0.05, 0.1) is 22.3 Å². The molecule has 2 saturated carbocycles. The molecule has 2 radical (unpaired) electrons. The maximum atomic E-state index is 14.0. The number of hydrogen-bond acceptors (Lipinski definition) is 0. The minimum atomic E-state index is -5.30. The Morgan fingerprint density at radius 3 is 1.29 bits per heavy atom. The summed E-state index contributed by atoms with van der Waals surface area (Å²) in [6.45, 7) is 1.89. The van der Waals surface area contributed by atoms with Crippen LogP contribution in [0.1, 0.15) is 93.4 Å². The van der Waals surface area contributed by atoms with Gasteiger partial charge in [-0.3, -0.25) is 17.2 Å². The smallest absolute Gasteiger partial charge is 0.288 e. The van der Waals surface area contributed by atoms with Crippen LogP contribution in [-0.2, 0) is 41.8 Å². The zero-order chi connectivity index (χ0) is 39.5. The van der Waals surface area contributed by atoms with E-state index in [4.69, 9.17) is 0 Å². The van der Waals surface area contributed by atoms with Crippen molar-refractivity contribution in [3.05, 3.63) is 117 Å². The molecule has 0 aliphatic heterocycles. The quantitative estimate of drug-likeness (QED) is 0.0856. The second kappa shape index (κ2) is 18.3. The van der Waals surface area contributed by atoms with E-state index in [-0.39, 0.29) is 40.2 Å². The maximum absolute atomic E-state index is 14.0. The second-order valence-corrected chi connectivity index (χ2v) is 18.6. The zero-order valence-electron chi connectivity index (χ0n) is 29.1. The number of hydrogen-bond donors (Lipinski definition) is 0. The number of alkyl halides is 12. The van der Waals surface area contributed by atoms with Crippen LogP contribution in [-0.4, -0.2) is 17.0 Å². The molecule has 2 aromatic rings. The molecule has 0 N–H and O–H groups in total. The van der Waals surface area contributed by atoms with Gasteiger partial charge in [0.1, 0.15) is 0 Å². The van der Waals surface area contributed by atoms with Gasteiger partial charge in [-0.15, -0.1) is 31.5 Å². The van der Waals surface area contributed by atoms with Crippen molar-refractivity contribution in [3.8, 4) is 0 Å². The Bertz CT molecular complexity index is 1740. The summed E-state index contributed by atoms with van der Waals surface area (Å²) in [7, 11) is -3.75. The summed E-state index contributed by atoms with van der Waals surface area (Å²) in [5.74, 6) is 0. The molecule has 0 unspecified atom stereocenters. The molecule has 4 aliphatic rings. The fraction of sp³-hybridized carbons (Fsp3) is 0.450. The normalized spacial score (nSPS) is 18.4. The second-order valence-electron chi connectivity index (χ2n) is 13.3. The first kappa shape index (κ1) is 45.0. The first-order valence-corrected chi connectivity index (χ1v) is 20.1. The molecule has 0 bridgehead atoms. The van der Waals surface area contributed by atoms with Crippen molar-refractivity contribution in [2.45, 2.75) is 113 Å². The van der Waals surface area contributed by atoms with Crippen molar-refractivity contribution in [2.75, 3.05) is 0 Å². The third-order valence-corrected chi connectivity index (χ3v) is 15.9. The summed E-state index contributed by atoms with van der Waals surface area (Å²) in [5, 5.41) is -1.48. The zero-order valence-corrected chi connectivity index (χ0v) is 31.9. The molecule has 0 nitrogen and oxygen atoms in total. The van der Waals surface area contributed by atoms with Crippen molar-refractivity contribution < 1.29 is 69.8 Å². The Morgan fingerprint density at radius 2 is 0.982 bits per heavy atom. The summed E-state index contributed by atoms with van der Waals surface area (Å²) in [6.07, 6.45) is -0.770. The third-order valence-electron chi connectivity index (χ3n) is 9.69. The van der Waals surface area contributed by atoms with E-state index in [0.29, 0.717) is 41.2 Å². The SMILES string of the molecule is C[C@@H](C1=[C][C-]=C=C1P(c1cc(C(F)(F)F)cc(C(F)(F)F)c1)c1cc(C(F)(F)F)cc(C(F)(F)F)c1)P(C1CCCCC1)C1CCCCC1.[C]1=C=C=C=[C-]1.[Fe+2]. The summed E-state index contributed by atoms with van der Waals surface area (Å²) >= 11 is 0. The first-order chi connectivity index (χ1) is 25.2. The summed E-state index contributed by atoms with van der Waals surface area (Å²) in [4.78, 5) is 0. The largest absolute Gasteiger partial charge is 2.00 e. The molecule has 0 aromatic heterocycles. The van der Waals surface area contributed by atoms with Crippen LogP contribution < -0.4 is 10.6 Å². The molecule has 0 spiro atoms. The molecule has 15 heteroatoms. The number of allylic oxidation sites excluding steroid dienone is 5. The molecular weight excluding hydrogens is 826 g/mol. The van der Waals surface area contributed by atoms with E-state index in [1.54, 1.807) is 0 Å². The molecule has 0 amide bonds. The van der Waals surface area contributed by atoms with Gasteiger partial charge in [0.25, 0.3) is 0 Å². The number of halogens is 12. The fourth-order valence-corrected chi connectivity index (χ4v) is 14.2. The Balaban J connectivity index is 0.00000104. The minimum Gasteiger partial charge on any atom is -0.288 e. The molecule has 294 valence electrons. The first-order valence-electron chi connectivity index (χ1n) is 17.2. The van der Waals surface area contributed by atoms with E-state index in [1.807, 2.05) is 6.92 Å². The predicted molar refractivity (Wildman–Crippen MR) is 183 cm³/mol. The van der Waals surface area contributed by atoms with E-state index in [1.165, 1.54) is 0 Å². The van der Waals surface area contributed by atoms with Gasteiger partial charge in [0.15, 0.2) is 0 Å². The third kappa shape index (κ3) is 11.5. The van der Waals surface area contributed by atoms with Gasteiger partial charge in [-0.25, -0.2) is 5.73 Å². The van der Waals surface area contributed by atoms with Gasteiger partial charge in [0, 0.05) is 0 Å². The van der Waals surface area contributed by atoms with Gasteiger partial charge in [-0.05, 0) is 84.0 Å². The Labute approximate surface area is 324 Å². The Hall–Kier alpha value is -2.68. The molecule has 55 heavy (non-hydrogen) atoms. The van der Waals surface area contributed by atoms with Gasteiger partial charge >= 0.3 is 41.8 Å². The van der Waals surface area contributed by atoms with Crippen molar-refractivity contribution >= 4 is 26.5 Å². The van der Waals surface area contributed by atoms with Gasteiger partial charge in [-0.2, -0.15) is 64.3 Å². The monoisotopic (exact) mass is 858 g/mol. The van der Waals surface area contributed by atoms with Crippen LogP contribution in [0.3, 0.4) is 0 Å². The predicted octanol–water partition coefficient (Wildman–Crippen LogP) is 12.9. The number of rotatable bonds is 7. The molecular formula is C40H32F12FeP2. The van der Waals surface area contributed by atoms with Crippen LogP contribution in [0.4, 0.5) is 52.7 Å². The molecule has 1 atom stereocenters.